The Morgan fingerprint density at radius 1 is 0.415 bits per heavy atom. The number of H-pyrrole nitrogens is 4. The second-order valence-corrected chi connectivity index (χ2v) is 25.2. The van der Waals surface area contributed by atoms with Gasteiger partial charge in [-0.2, -0.15) is 0 Å². The molecule has 10 rings (SSSR count). The molecule has 0 radical (unpaired) electrons. The van der Waals surface area contributed by atoms with Gasteiger partial charge in [-0.3, -0.25) is 19.2 Å². The number of nitrogens with zero attached hydrogens (tertiary/aromatic N) is 4. The SMILES string of the molecule is CCC1=C(C)c2cc3[nH]c(cc4[nH]c(cc5nc(cc1n2)C(C)=C5CC)c(C)c4CCC(=O)OC)c(CCC(=O)N[C@@H](CCCCNC(=O)CCC1=C(C)c2cc4[nH]c(cc5[nH]c(cc6nc(cc1n2)C(CCC(=O)OC)=C6C)c(CC)c5C)c(CC)c4C)C(=O)O)c3C. The number of ether oxygens (including phenoxy) is 2. The number of nitrogens with one attached hydrogen (secondary N) is 6. The maximum Gasteiger partial charge on any atom is 0.326 e. The van der Waals surface area contributed by atoms with Gasteiger partial charge in [0.15, 0.2) is 0 Å². The number of fused-ring (bicyclic) bond motifs is 16. The highest BCUT2D eigenvalue weighted by atomic mass is 16.5. The van der Waals surface area contributed by atoms with E-state index in [4.69, 9.17) is 29.4 Å². The normalized spacial score (nSPS) is 13.5. The average Bonchev–Trinajstić information content (AvgIpc) is 1.63. The number of amides is 2. The summed E-state index contributed by atoms with van der Waals surface area (Å²) in [6, 6.07) is 15.5. The molecule has 10 heterocycles. The lowest BCUT2D eigenvalue weighted by Crippen LogP contribution is -2.41. The van der Waals surface area contributed by atoms with Gasteiger partial charge in [0.2, 0.25) is 11.8 Å². The topological polar surface area (TPSA) is 263 Å². The van der Waals surface area contributed by atoms with Crippen LogP contribution in [0.5, 0.6) is 0 Å². The van der Waals surface area contributed by atoms with Crippen molar-refractivity contribution in [2.45, 2.75) is 185 Å². The van der Waals surface area contributed by atoms with Crippen LogP contribution in [0.25, 0.3) is 88.7 Å². The van der Waals surface area contributed by atoms with E-state index in [-0.39, 0.29) is 49.9 Å². The number of carboxylic acid groups (broad SMARTS) is 1. The van der Waals surface area contributed by atoms with Crippen molar-refractivity contribution in [3.63, 3.8) is 0 Å². The Balaban J connectivity index is 0.851. The van der Waals surface area contributed by atoms with Gasteiger partial charge in [-0.05, 0) is 264 Å². The van der Waals surface area contributed by atoms with Gasteiger partial charge in [-0.15, -0.1) is 0 Å². The Morgan fingerprint density at radius 3 is 1.24 bits per heavy atom. The molecule has 0 fully saturated rings. The monoisotopic (exact) mass is 1270 g/mol. The van der Waals surface area contributed by atoms with Gasteiger partial charge >= 0.3 is 17.9 Å². The number of methoxy groups -OCH3 is 2. The van der Waals surface area contributed by atoms with E-state index in [1.807, 2.05) is 39.8 Å². The van der Waals surface area contributed by atoms with Crippen molar-refractivity contribution in [3.8, 4) is 0 Å². The number of unbranched alkanes of at least 4 members (excludes halogenated alkanes) is 1. The fourth-order valence-electron chi connectivity index (χ4n) is 14.0. The number of aromatic nitrogens is 8. The Labute approximate surface area is 549 Å². The largest absolute Gasteiger partial charge is 0.480 e. The average molecular weight is 1270 g/mol. The fraction of sp³-hybridized carbons (Fsp3) is 0.408. The first-order valence-electron chi connectivity index (χ1n) is 33.3. The van der Waals surface area contributed by atoms with E-state index in [2.05, 4.69) is 122 Å². The second-order valence-electron chi connectivity index (χ2n) is 25.2. The van der Waals surface area contributed by atoms with E-state index in [1.165, 1.54) is 30.9 Å². The van der Waals surface area contributed by atoms with Crippen LogP contribution in [0.3, 0.4) is 0 Å². The third kappa shape index (κ3) is 13.9. The molecule has 4 aliphatic heterocycles. The summed E-state index contributed by atoms with van der Waals surface area (Å²) in [6.07, 6.45) is 6.43. The van der Waals surface area contributed by atoms with E-state index >= 15 is 0 Å². The van der Waals surface area contributed by atoms with E-state index in [1.54, 1.807) is 0 Å². The van der Waals surface area contributed by atoms with Gasteiger partial charge in [0.05, 0.1) is 59.8 Å². The third-order valence-corrected chi connectivity index (χ3v) is 19.7. The lowest BCUT2D eigenvalue weighted by molar-refractivity contribution is -0.142. The van der Waals surface area contributed by atoms with E-state index < -0.39 is 17.9 Å². The molecular formula is C76H90N10O8. The molecule has 6 aromatic rings. The van der Waals surface area contributed by atoms with Crippen LogP contribution in [-0.2, 0) is 59.1 Å². The zero-order valence-corrected chi connectivity index (χ0v) is 57.1. The molecule has 4 aliphatic rings. The molecule has 0 spiro atoms. The molecule has 0 saturated heterocycles. The smallest absolute Gasteiger partial charge is 0.326 e. The Hall–Kier alpha value is -9.45. The lowest BCUT2D eigenvalue weighted by atomic mass is 9.98. The van der Waals surface area contributed by atoms with Gasteiger partial charge in [-0.25, -0.2) is 24.7 Å². The Kier molecular flexibility index (Phi) is 20.7. The number of esters is 2. The molecule has 0 unspecified atom stereocenters. The number of carboxylic acids is 1. The number of allylic oxidation sites excluding steroid dienone is 8. The van der Waals surface area contributed by atoms with Gasteiger partial charge in [-0.1, -0.05) is 27.7 Å². The van der Waals surface area contributed by atoms with E-state index in [0.717, 1.165) is 176 Å². The van der Waals surface area contributed by atoms with E-state index in [9.17, 15) is 29.1 Å². The molecule has 18 nitrogen and oxygen atoms in total. The molecule has 0 aromatic carbocycles. The quantitative estimate of drug-likeness (QED) is 0.0233. The molecule has 2 amide bonds. The summed E-state index contributed by atoms with van der Waals surface area (Å²) in [6.45, 7) is 25.6. The van der Waals surface area contributed by atoms with Crippen LogP contribution in [0, 0.1) is 27.7 Å². The summed E-state index contributed by atoms with van der Waals surface area (Å²) in [5, 5.41) is 16.3. The first kappa shape index (κ1) is 67.4. The van der Waals surface area contributed by atoms with Crippen molar-refractivity contribution < 1.29 is 38.6 Å². The molecule has 18 heteroatoms. The predicted octanol–water partition coefficient (Wildman–Crippen LogP) is 15.2. The number of hydrogen-bond donors (Lipinski definition) is 7. The third-order valence-electron chi connectivity index (χ3n) is 19.7. The summed E-state index contributed by atoms with van der Waals surface area (Å²) in [5.74, 6) is -2.32. The van der Waals surface area contributed by atoms with Crippen LogP contribution < -0.4 is 10.6 Å². The van der Waals surface area contributed by atoms with Crippen molar-refractivity contribution in [1.82, 2.24) is 50.5 Å². The maximum atomic E-state index is 13.9. The van der Waals surface area contributed by atoms with Gasteiger partial charge in [0.1, 0.15) is 6.04 Å². The Bertz CT molecular complexity index is 4580. The van der Waals surface area contributed by atoms with Crippen LogP contribution >= 0.6 is 0 Å². The van der Waals surface area contributed by atoms with Crippen LogP contribution in [0.1, 0.15) is 216 Å². The summed E-state index contributed by atoms with van der Waals surface area (Å²) >= 11 is 0. The molecule has 1 atom stereocenters. The van der Waals surface area contributed by atoms with Crippen LogP contribution in [0.4, 0.5) is 0 Å². The standard InChI is InChI=1S/C76H90N10O8/c1-15-47-39(5)56-31-58-43(9)51(68(82-58)37-70-53(24-28-74(89)93-13)45(11)62(84-70)35-66-49(17-3)41(7)60(80-66)33-64(47)78-56)22-26-72(87)77-30-20-19-21-55(76(91)92)86-73(88)27-23-52-44(10)59-32-57-40(6)48(16-2)65(79-57)34-61-42(8)50(18-4)67(81-61)36-63-46(12)54(25-29-75(90)94-14)71(85-63)38-69(52)83-59/h31-38,55,78,80,83,85H,15-30H2,1-14H3,(H,77,87)(H,86,88)(H,91,92)/t55-/m0/s1. The highest BCUT2D eigenvalue weighted by Gasteiger charge is 2.26. The summed E-state index contributed by atoms with van der Waals surface area (Å²) in [7, 11) is 2.78. The van der Waals surface area contributed by atoms with Gasteiger partial charge < -0.3 is 45.1 Å². The number of aryl methyl sites for hydroxylation is 8. The molecule has 16 bridgehead atoms. The predicted molar refractivity (Wildman–Crippen MR) is 376 cm³/mol. The molecular weight excluding hydrogens is 1180 g/mol. The number of rotatable bonds is 23. The minimum absolute atomic E-state index is 0.0171. The molecule has 492 valence electrons. The minimum atomic E-state index is -1.14. The van der Waals surface area contributed by atoms with Crippen molar-refractivity contribution in [1.29, 1.82) is 0 Å². The maximum absolute atomic E-state index is 13.9. The lowest BCUT2D eigenvalue weighted by Gasteiger charge is -2.15. The second kappa shape index (κ2) is 28.8. The van der Waals surface area contributed by atoms with Gasteiger partial charge in [0, 0.05) is 76.4 Å². The summed E-state index contributed by atoms with van der Waals surface area (Å²) in [4.78, 5) is 101. The molecule has 0 aliphatic carbocycles. The van der Waals surface area contributed by atoms with Crippen LogP contribution in [-0.4, -0.2) is 102 Å². The number of carbonyl (C=O) groups is 5. The highest BCUT2D eigenvalue weighted by Crippen LogP contribution is 2.41. The first-order valence-corrected chi connectivity index (χ1v) is 33.3. The van der Waals surface area contributed by atoms with Crippen molar-refractivity contribution >= 4 is 118 Å². The Morgan fingerprint density at radius 2 is 0.766 bits per heavy atom. The van der Waals surface area contributed by atoms with Crippen LogP contribution in [0.15, 0.2) is 48.5 Å². The summed E-state index contributed by atoms with van der Waals surface area (Å²) in [5.41, 5.74) is 30.5. The summed E-state index contributed by atoms with van der Waals surface area (Å²) < 4.78 is 10.1. The fourth-order valence-corrected chi connectivity index (χ4v) is 14.0. The molecule has 6 aromatic heterocycles. The number of hydrogen-bond acceptors (Lipinski definition) is 11. The number of carbonyl (C=O) groups excluding carboxylic acids is 4. The van der Waals surface area contributed by atoms with Crippen LogP contribution in [0.2, 0.25) is 0 Å². The van der Waals surface area contributed by atoms with Crippen molar-refractivity contribution in [2.75, 3.05) is 20.8 Å². The van der Waals surface area contributed by atoms with Crippen molar-refractivity contribution in [2.24, 2.45) is 0 Å². The first-order chi connectivity index (χ1) is 45.1. The minimum Gasteiger partial charge on any atom is -0.480 e. The zero-order chi connectivity index (χ0) is 67.4. The molecule has 94 heavy (non-hydrogen) atoms. The number of aromatic amines is 4. The highest BCUT2D eigenvalue weighted by molar-refractivity contribution is 5.98. The zero-order valence-electron chi connectivity index (χ0n) is 57.1. The molecule has 7 N–H and O–H groups in total. The van der Waals surface area contributed by atoms with Crippen molar-refractivity contribution in [3.05, 3.63) is 139 Å². The molecule has 0 saturated carbocycles. The number of aliphatic carboxylic acids is 1. The van der Waals surface area contributed by atoms with E-state index in [0.29, 0.717) is 56.5 Å². The van der Waals surface area contributed by atoms with Gasteiger partial charge in [0.25, 0.3) is 0 Å².